The number of carboxylic acid groups (broad SMARTS) is 3. The molecular weight excluding hydrogens is 735 g/mol. The molecule has 0 saturated carbocycles. The number of para-hydroxylation sites is 2. The molecule has 0 fully saturated rings. The van der Waals surface area contributed by atoms with Gasteiger partial charge in [0.1, 0.15) is 11.4 Å². The third kappa shape index (κ3) is 7.41. The third-order valence-electron chi connectivity index (χ3n) is 7.66. The van der Waals surface area contributed by atoms with Crippen LogP contribution < -0.4 is 10.1 Å². The number of sulfonamides is 1. The zero-order chi connectivity index (χ0) is 38.0. The minimum absolute atomic E-state index is 0.0729. The molecule has 2 aromatic heterocycles. The number of carboxylic acids is 3. The van der Waals surface area contributed by atoms with Crippen molar-refractivity contribution in [2.24, 2.45) is 12.0 Å². The summed E-state index contributed by atoms with van der Waals surface area (Å²) in [6.07, 6.45) is -2.09. The number of carbonyl (C=O) groups excluding carboxylic acids is 1. The number of aromatic nitrogens is 6. The van der Waals surface area contributed by atoms with Gasteiger partial charge in [-0.3, -0.25) is 9.59 Å². The number of hydrogen-bond donors (Lipinski definition) is 4. The molecule has 3 aromatic carbocycles. The van der Waals surface area contributed by atoms with E-state index in [0.717, 1.165) is 18.2 Å². The lowest BCUT2D eigenvalue weighted by molar-refractivity contribution is -0.136. The predicted molar refractivity (Wildman–Crippen MR) is 185 cm³/mol. The molecule has 1 atom stereocenters. The average molecular weight is 762 g/mol. The van der Waals surface area contributed by atoms with Gasteiger partial charge in [-0.25, -0.2) is 36.7 Å². The standard InChI is InChI=1S/C32H27N9O10S2/c1-17-22(16-52-32-35-37-38-39(32)2)29(41(36-17)21-8-4-3-5-9-21)51-26(28(44)33-20-13-18(30(45)46)12-19(14-20)31(47)48)27-34-23-10-6-7-11-24(23)53(49,50)40(27)15-25(42)43/h3-14,26H,15-16H2,1-2H3,(H,33,44)(H,42,43)(H,45,46)(H,47,48). The maximum Gasteiger partial charge on any atom is 0.335 e. The van der Waals surface area contributed by atoms with Gasteiger partial charge in [0.25, 0.3) is 15.9 Å². The zero-order valence-corrected chi connectivity index (χ0v) is 29.1. The van der Waals surface area contributed by atoms with E-state index >= 15 is 0 Å². The second kappa shape index (κ2) is 14.6. The summed E-state index contributed by atoms with van der Waals surface area (Å²) in [7, 11) is -3.03. The van der Waals surface area contributed by atoms with Crippen LogP contribution in [-0.4, -0.2) is 100 Å². The van der Waals surface area contributed by atoms with Gasteiger partial charge in [-0.05, 0) is 59.8 Å². The van der Waals surface area contributed by atoms with Crippen molar-refractivity contribution in [3.8, 4) is 11.6 Å². The Hall–Kier alpha value is -6.61. The molecule has 1 amide bonds. The maximum absolute atomic E-state index is 14.4. The van der Waals surface area contributed by atoms with Gasteiger partial charge in [0.15, 0.2) is 5.84 Å². The Morgan fingerprint density at radius 1 is 0.943 bits per heavy atom. The maximum atomic E-state index is 14.4. The Labute approximate surface area is 303 Å². The van der Waals surface area contributed by atoms with Crippen molar-refractivity contribution in [3.05, 3.63) is 95.2 Å². The Balaban J connectivity index is 1.55. The summed E-state index contributed by atoms with van der Waals surface area (Å²) in [5.74, 6) is -6.35. The summed E-state index contributed by atoms with van der Waals surface area (Å²) in [5.41, 5.74) is -0.0814. The van der Waals surface area contributed by atoms with Gasteiger partial charge >= 0.3 is 17.9 Å². The fourth-order valence-electron chi connectivity index (χ4n) is 5.21. The number of carbonyl (C=O) groups is 4. The number of ether oxygens (including phenoxy) is 1. The number of nitrogens with zero attached hydrogens (tertiary/aromatic N) is 8. The first-order valence-corrected chi connectivity index (χ1v) is 17.7. The highest BCUT2D eigenvalue weighted by atomic mass is 32.2. The van der Waals surface area contributed by atoms with E-state index in [9.17, 15) is 42.9 Å². The molecule has 1 unspecified atom stereocenters. The lowest BCUT2D eigenvalue weighted by atomic mass is 10.1. The Kier molecular flexibility index (Phi) is 9.94. The topological polar surface area (TPSA) is 261 Å². The highest BCUT2D eigenvalue weighted by Crippen LogP contribution is 2.36. The summed E-state index contributed by atoms with van der Waals surface area (Å²) in [4.78, 5) is 54.4. The molecule has 3 heterocycles. The van der Waals surface area contributed by atoms with Crippen molar-refractivity contribution in [1.82, 2.24) is 34.3 Å². The van der Waals surface area contributed by atoms with Crippen molar-refractivity contribution >= 4 is 62.8 Å². The van der Waals surface area contributed by atoms with E-state index in [2.05, 4.69) is 30.9 Å². The molecular formula is C32H27N9O10S2. The summed E-state index contributed by atoms with van der Waals surface area (Å²) < 4.78 is 37.6. The van der Waals surface area contributed by atoms with Crippen LogP contribution in [0.1, 0.15) is 32.0 Å². The van der Waals surface area contributed by atoms with E-state index in [0.29, 0.717) is 26.4 Å². The van der Waals surface area contributed by atoms with E-state index in [1.807, 2.05) is 0 Å². The van der Waals surface area contributed by atoms with Crippen LogP contribution in [0.15, 0.2) is 87.8 Å². The highest BCUT2D eigenvalue weighted by Gasteiger charge is 2.43. The third-order valence-corrected chi connectivity index (χ3v) is 10.5. The number of aliphatic carboxylic acids is 1. The van der Waals surface area contributed by atoms with Gasteiger partial charge in [-0.1, -0.05) is 42.1 Å². The molecule has 0 aliphatic carbocycles. The fraction of sp³-hybridized carbons (Fsp3) is 0.156. The number of hydrogen-bond acceptors (Lipinski definition) is 13. The lowest BCUT2D eigenvalue weighted by Crippen LogP contribution is -2.53. The van der Waals surface area contributed by atoms with E-state index in [-0.39, 0.29) is 27.9 Å². The Bertz CT molecular complexity index is 2380. The number of benzene rings is 3. The number of aryl methyl sites for hydroxylation is 2. The molecule has 19 nitrogen and oxygen atoms in total. The number of aliphatic imine (C=N–C) groups is 1. The molecule has 4 N–H and O–H groups in total. The van der Waals surface area contributed by atoms with Crippen molar-refractivity contribution in [1.29, 1.82) is 0 Å². The average Bonchev–Trinajstić information content (AvgIpc) is 3.68. The van der Waals surface area contributed by atoms with Crippen LogP contribution in [0.5, 0.6) is 5.88 Å². The van der Waals surface area contributed by atoms with Gasteiger partial charge in [0, 0.05) is 24.1 Å². The smallest absolute Gasteiger partial charge is 0.335 e. The number of anilines is 1. The monoisotopic (exact) mass is 761 g/mol. The first kappa shape index (κ1) is 36.2. The lowest BCUT2D eigenvalue weighted by Gasteiger charge is -2.32. The van der Waals surface area contributed by atoms with Gasteiger partial charge in [-0.2, -0.15) is 5.10 Å². The number of tetrazole rings is 1. The van der Waals surface area contributed by atoms with E-state index in [1.165, 1.54) is 45.4 Å². The summed E-state index contributed by atoms with van der Waals surface area (Å²) >= 11 is 1.19. The molecule has 0 spiro atoms. The summed E-state index contributed by atoms with van der Waals surface area (Å²) in [5, 5.41) is 48.0. The molecule has 6 rings (SSSR count). The number of thioether (sulfide) groups is 1. The molecule has 1 aliphatic rings. The van der Waals surface area contributed by atoms with Crippen LogP contribution in [0, 0.1) is 6.92 Å². The molecule has 5 aromatic rings. The van der Waals surface area contributed by atoms with Gasteiger partial charge in [0.05, 0.1) is 28.2 Å². The number of aromatic carboxylic acids is 2. The van der Waals surface area contributed by atoms with Crippen molar-refractivity contribution in [3.63, 3.8) is 0 Å². The van der Waals surface area contributed by atoms with Crippen LogP contribution in [0.4, 0.5) is 11.4 Å². The van der Waals surface area contributed by atoms with Crippen LogP contribution in [0.2, 0.25) is 0 Å². The quantitative estimate of drug-likeness (QED) is 0.126. The zero-order valence-electron chi connectivity index (χ0n) is 27.5. The minimum Gasteiger partial charge on any atom is -0.480 e. The molecule has 0 bridgehead atoms. The van der Waals surface area contributed by atoms with E-state index in [1.54, 1.807) is 44.3 Å². The van der Waals surface area contributed by atoms with Crippen LogP contribution in [-0.2, 0) is 32.4 Å². The Morgan fingerprint density at radius 3 is 2.23 bits per heavy atom. The second-order valence-electron chi connectivity index (χ2n) is 11.2. The number of amides is 1. The van der Waals surface area contributed by atoms with Crippen LogP contribution in [0.3, 0.4) is 0 Å². The second-order valence-corrected chi connectivity index (χ2v) is 14.0. The first-order valence-electron chi connectivity index (χ1n) is 15.2. The number of nitrogens with one attached hydrogen (secondary N) is 1. The molecule has 21 heteroatoms. The summed E-state index contributed by atoms with van der Waals surface area (Å²) in [6.45, 7) is 0.506. The van der Waals surface area contributed by atoms with Crippen molar-refractivity contribution in [2.75, 3.05) is 11.9 Å². The number of rotatable bonds is 13. The van der Waals surface area contributed by atoms with Crippen molar-refractivity contribution < 1.29 is 47.7 Å². The van der Waals surface area contributed by atoms with E-state index < -0.39 is 63.4 Å². The molecule has 1 aliphatic heterocycles. The van der Waals surface area contributed by atoms with Gasteiger partial charge in [0.2, 0.25) is 17.1 Å². The van der Waals surface area contributed by atoms with Gasteiger partial charge < -0.3 is 25.4 Å². The minimum atomic E-state index is -4.66. The number of fused-ring (bicyclic) bond motifs is 1. The number of amidine groups is 1. The summed E-state index contributed by atoms with van der Waals surface area (Å²) in [6, 6.07) is 16.9. The molecule has 272 valence electrons. The fourth-order valence-corrected chi connectivity index (χ4v) is 7.66. The van der Waals surface area contributed by atoms with Crippen LogP contribution >= 0.6 is 11.8 Å². The normalized spacial score (nSPS) is 13.8. The van der Waals surface area contributed by atoms with Gasteiger partial charge in [-0.15, -0.1) is 5.10 Å². The first-order chi connectivity index (χ1) is 25.2. The van der Waals surface area contributed by atoms with Crippen molar-refractivity contribution in [2.45, 2.75) is 28.8 Å². The highest BCUT2D eigenvalue weighted by molar-refractivity contribution is 7.98. The molecule has 0 radical (unpaired) electrons. The Morgan fingerprint density at radius 2 is 1.60 bits per heavy atom. The largest absolute Gasteiger partial charge is 0.480 e. The van der Waals surface area contributed by atoms with Crippen LogP contribution in [0.25, 0.3) is 5.69 Å². The molecule has 0 saturated heterocycles. The predicted octanol–water partition coefficient (Wildman–Crippen LogP) is 2.60. The van der Waals surface area contributed by atoms with E-state index in [4.69, 9.17) is 4.74 Å². The molecule has 53 heavy (non-hydrogen) atoms. The SMILES string of the molecule is Cc1nn(-c2ccccc2)c(OC(C(=O)Nc2cc(C(=O)O)cc(C(=O)O)c2)C2=Nc3ccccc3S(=O)(=O)N2CC(=O)O)c1CSc1nnnn1C.